The fraction of sp³-hybridized carbons (Fsp3) is 0.400. The maximum absolute atomic E-state index is 10.0. The van der Waals surface area contributed by atoms with Crippen molar-refractivity contribution in [3.8, 4) is 16.9 Å². The lowest BCUT2D eigenvalue weighted by molar-refractivity contribution is 0.477. The Hall–Kier alpha value is -1.81. The number of benzene rings is 1. The van der Waals surface area contributed by atoms with Crippen molar-refractivity contribution in [2.75, 3.05) is 6.54 Å². The minimum Gasteiger partial charge on any atom is -0.507 e. The van der Waals surface area contributed by atoms with Crippen LogP contribution < -0.4 is 5.32 Å². The van der Waals surface area contributed by atoms with Crippen LogP contribution in [0.5, 0.6) is 5.75 Å². The molecule has 2 heterocycles. The Balaban J connectivity index is 1.96. The number of aryl methyl sites for hydroxylation is 1. The Morgan fingerprint density at radius 3 is 2.95 bits per heavy atom. The number of hydrogen-bond donors (Lipinski definition) is 2. The predicted octanol–water partition coefficient (Wildman–Crippen LogP) is 2.09. The summed E-state index contributed by atoms with van der Waals surface area (Å²) < 4.78 is 1.92. The van der Waals surface area contributed by atoms with Crippen molar-refractivity contribution in [1.82, 2.24) is 15.1 Å². The van der Waals surface area contributed by atoms with Crippen molar-refractivity contribution < 1.29 is 5.11 Å². The van der Waals surface area contributed by atoms with E-state index in [-0.39, 0.29) is 0 Å². The summed E-state index contributed by atoms with van der Waals surface area (Å²) in [7, 11) is 1.97. The van der Waals surface area contributed by atoms with Crippen LogP contribution in [0.1, 0.15) is 18.5 Å². The SMILES string of the molecule is Cn1ncc(-c2ccccc2O)c1CC1CCCN1. The van der Waals surface area contributed by atoms with Crippen LogP contribution in [0.4, 0.5) is 0 Å². The van der Waals surface area contributed by atoms with E-state index in [0.717, 1.165) is 24.1 Å². The van der Waals surface area contributed by atoms with E-state index in [2.05, 4.69) is 10.4 Å². The summed E-state index contributed by atoms with van der Waals surface area (Å²) in [5.74, 6) is 0.316. The molecule has 2 N–H and O–H groups in total. The molecule has 0 bridgehead atoms. The molecule has 1 fully saturated rings. The van der Waals surface area contributed by atoms with Gasteiger partial charge in [-0.2, -0.15) is 5.10 Å². The molecule has 0 spiro atoms. The van der Waals surface area contributed by atoms with E-state index in [1.807, 2.05) is 36.1 Å². The largest absolute Gasteiger partial charge is 0.507 e. The molecular formula is C15H19N3O. The van der Waals surface area contributed by atoms with Gasteiger partial charge in [-0.3, -0.25) is 4.68 Å². The van der Waals surface area contributed by atoms with Crippen LogP contribution in [-0.4, -0.2) is 27.5 Å². The highest BCUT2D eigenvalue weighted by molar-refractivity contribution is 5.71. The van der Waals surface area contributed by atoms with Crippen molar-refractivity contribution in [3.63, 3.8) is 0 Å². The van der Waals surface area contributed by atoms with Crippen molar-refractivity contribution in [1.29, 1.82) is 0 Å². The standard InChI is InChI=1S/C15H19N3O/c1-18-14(9-11-5-4-8-16-11)13(10-17-18)12-6-2-3-7-15(12)19/h2-3,6-7,10-11,16,19H,4-5,8-9H2,1H3. The predicted molar refractivity (Wildman–Crippen MR) is 75.0 cm³/mol. The smallest absolute Gasteiger partial charge is 0.123 e. The Morgan fingerprint density at radius 1 is 1.37 bits per heavy atom. The van der Waals surface area contributed by atoms with Crippen LogP contribution in [-0.2, 0) is 13.5 Å². The quantitative estimate of drug-likeness (QED) is 0.885. The summed E-state index contributed by atoms with van der Waals surface area (Å²) in [6, 6.07) is 7.98. The van der Waals surface area contributed by atoms with Gasteiger partial charge in [0, 0.05) is 36.3 Å². The molecule has 1 aliphatic rings. The summed E-state index contributed by atoms with van der Waals surface area (Å²) in [6.45, 7) is 1.11. The molecule has 3 rings (SSSR count). The zero-order valence-electron chi connectivity index (χ0n) is 11.1. The Labute approximate surface area is 113 Å². The highest BCUT2D eigenvalue weighted by Crippen LogP contribution is 2.32. The van der Waals surface area contributed by atoms with Gasteiger partial charge < -0.3 is 10.4 Å². The van der Waals surface area contributed by atoms with Gasteiger partial charge in [0.05, 0.1) is 6.20 Å². The van der Waals surface area contributed by atoms with Crippen molar-refractivity contribution >= 4 is 0 Å². The van der Waals surface area contributed by atoms with Crippen LogP contribution in [0.2, 0.25) is 0 Å². The average molecular weight is 257 g/mol. The normalized spacial score (nSPS) is 18.9. The van der Waals surface area contributed by atoms with Crippen LogP contribution in [0.25, 0.3) is 11.1 Å². The number of hydrogen-bond acceptors (Lipinski definition) is 3. The maximum Gasteiger partial charge on any atom is 0.123 e. The molecular weight excluding hydrogens is 238 g/mol. The van der Waals surface area contributed by atoms with Crippen LogP contribution in [0.3, 0.4) is 0 Å². The molecule has 4 heteroatoms. The number of phenolic OH excluding ortho intramolecular Hbond substituents is 1. The first-order chi connectivity index (χ1) is 9.25. The summed E-state index contributed by atoms with van der Waals surface area (Å²) in [4.78, 5) is 0. The van der Waals surface area contributed by atoms with E-state index >= 15 is 0 Å². The topological polar surface area (TPSA) is 50.1 Å². The molecule has 0 saturated carbocycles. The Kier molecular flexibility index (Phi) is 3.25. The van der Waals surface area contributed by atoms with Gasteiger partial charge in [-0.05, 0) is 25.5 Å². The van der Waals surface area contributed by atoms with Crippen molar-refractivity contribution in [2.45, 2.75) is 25.3 Å². The zero-order valence-corrected chi connectivity index (χ0v) is 11.1. The second-order valence-electron chi connectivity index (χ2n) is 5.14. The number of rotatable bonds is 3. The number of para-hydroxylation sites is 1. The lowest BCUT2D eigenvalue weighted by Gasteiger charge is -2.13. The monoisotopic (exact) mass is 257 g/mol. The van der Waals surface area contributed by atoms with Crippen LogP contribution in [0, 0.1) is 0 Å². The zero-order chi connectivity index (χ0) is 13.2. The molecule has 2 aromatic rings. The first-order valence-electron chi connectivity index (χ1n) is 6.78. The molecule has 1 aliphatic heterocycles. The molecule has 1 saturated heterocycles. The maximum atomic E-state index is 10.0. The van der Waals surface area contributed by atoms with Gasteiger partial charge in [0.1, 0.15) is 5.75 Å². The molecule has 19 heavy (non-hydrogen) atoms. The van der Waals surface area contributed by atoms with E-state index in [9.17, 15) is 5.11 Å². The fourth-order valence-corrected chi connectivity index (χ4v) is 2.80. The second kappa shape index (κ2) is 5.05. The minimum absolute atomic E-state index is 0.316. The third kappa shape index (κ3) is 2.36. The van der Waals surface area contributed by atoms with Gasteiger partial charge >= 0.3 is 0 Å². The lowest BCUT2D eigenvalue weighted by atomic mass is 10.0. The van der Waals surface area contributed by atoms with Gasteiger partial charge in [0.2, 0.25) is 0 Å². The third-order valence-corrected chi connectivity index (χ3v) is 3.86. The first-order valence-corrected chi connectivity index (χ1v) is 6.78. The minimum atomic E-state index is 0.316. The summed E-state index contributed by atoms with van der Waals surface area (Å²) in [6.07, 6.45) is 5.26. The Morgan fingerprint density at radius 2 is 2.21 bits per heavy atom. The molecule has 0 aliphatic carbocycles. The van der Waals surface area contributed by atoms with Gasteiger partial charge in [-0.25, -0.2) is 0 Å². The molecule has 4 nitrogen and oxygen atoms in total. The first kappa shape index (κ1) is 12.2. The van der Waals surface area contributed by atoms with E-state index in [1.165, 1.54) is 18.5 Å². The third-order valence-electron chi connectivity index (χ3n) is 3.86. The lowest BCUT2D eigenvalue weighted by Crippen LogP contribution is -2.25. The van der Waals surface area contributed by atoms with Crippen LogP contribution in [0.15, 0.2) is 30.5 Å². The van der Waals surface area contributed by atoms with E-state index in [0.29, 0.717) is 11.8 Å². The number of aromatic hydroxyl groups is 1. The number of nitrogens with zero attached hydrogens (tertiary/aromatic N) is 2. The summed E-state index contributed by atoms with van der Waals surface area (Å²) >= 11 is 0. The molecule has 1 unspecified atom stereocenters. The van der Waals surface area contributed by atoms with E-state index in [1.54, 1.807) is 6.07 Å². The fourth-order valence-electron chi connectivity index (χ4n) is 2.80. The average Bonchev–Trinajstić information content (AvgIpc) is 3.03. The van der Waals surface area contributed by atoms with E-state index < -0.39 is 0 Å². The van der Waals surface area contributed by atoms with Gasteiger partial charge in [-0.15, -0.1) is 0 Å². The van der Waals surface area contributed by atoms with Gasteiger partial charge in [-0.1, -0.05) is 18.2 Å². The molecule has 0 radical (unpaired) electrons. The molecule has 1 aromatic heterocycles. The second-order valence-corrected chi connectivity index (χ2v) is 5.14. The summed E-state index contributed by atoms with van der Waals surface area (Å²) in [5.41, 5.74) is 3.08. The molecule has 1 atom stereocenters. The van der Waals surface area contributed by atoms with Gasteiger partial charge in [0.15, 0.2) is 0 Å². The number of phenols is 1. The highest BCUT2D eigenvalue weighted by Gasteiger charge is 2.20. The highest BCUT2D eigenvalue weighted by atomic mass is 16.3. The molecule has 100 valence electrons. The number of aromatic nitrogens is 2. The Bertz CT molecular complexity index is 571. The van der Waals surface area contributed by atoms with Gasteiger partial charge in [0.25, 0.3) is 0 Å². The summed E-state index contributed by atoms with van der Waals surface area (Å²) in [5, 5.41) is 17.9. The van der Waals surface area contributed by atoms with E-state index in [4.69, 9.17) is 0 Å². The van der Waals surface area contributed by atoms with Crippen molar-refractivity contribution in [3.05, 3.63) is 36.2 Å². The number of nitrogens with one attached hydrogen (secondary N) is 1. The molecule has 0 amide bonds. The molecule has 1 aromatic carbocycles. The van der Waals surface area contributed by atoms with Crippen molar-refractivity contribution in [2.24, 2.45) is 7.05 Å². The van der Waals surface area contributed by atoms with Crippen LogP contribution >= 0.6 is 0 Å².